The first-order valence-electron chi connectivity index (χ1n) is 8.72. The third-order valence-corrected chi connectivity index (χ3v) is 7.12. The van der Waals surface area contributed by atoms with Crippen LogP contribution in [0.1, 0.15) is 52.9 Å². The van der Waals surface area contributed by atoms with Gasteiger partial charge in [-0.2, -0.15) is 0 Å². The van der Waals surface area contributed by atoms with Crippen LogP contribution in [0, 0.1) is 23.2 Å². The summed E-state index contributed by atoms with van der Waals surface area (Å²) in [7, 11) is 0. The zero-order valence-electron chi connectivity index (χ0n) is 13.9. The van der Waals surface area contributed by atoms with Gasteiger partial charge in [0.05, 0.1) is 5.60 Å². The van der Waals surface area contributed by atoms with E-state index in [-0.39, 0.29) is 5.41 Å². The summed E-state index contributed by atoms with van der Waals surface area (Å²) in [5, 5.41) is 10.9. The van der Waals surface area contributed by atoms with Crippen LogP contribution in [0.25, 0.3) is 0 Å². The monoisotopic (exact) mass is 298 g/mol. The summed E-state index contributed by atoms with van der Waals surface area (Å²) in [6.45, 7) is 6.58. The Balaban J connectivity index is 1.87. The van der Waals surface area contributed by atoms with E-state index in [9.17, 15) is 9.90 Å². The van der Waals surface area contributed by atoms with Crippen LogP contribution < -0.4 is 0 Å². The molecule has 0 amide bonds. The fourth-order valence-electron chi connectivity index (χ4n) is 5.60. The molecule has 0 spiro atoms. The predicted molar refractivity (Wildman–Crippen MR) is 87.2 cm³/mol. The van der Waals surface area contributed by atoms with Crippen LogP contribution in [0.15, 0.2) is 34.9 Å². The van der Waals surface area contributed by atoms with Crippen LogP contribution in [0.3, 0.4) is 0 Å². The molecule has 0 aromatic heterocycles. The van der Waals surface area contributed by atoms with Gasteiger partial charge in [-0.1, -0.05) is 26.0 Å². The Bertz CT molecular complexity index is 634. The molecule has 0 radical (unpaired) electrons. The van der Waals surface area contributed by atoms with Crippen molar-refractivity contribution < 1.29 is 9.90 Å². The molecule has 2 heteroatoms. The summed E-state index contributed by atoms with van der Waals surface area (Å²) < 4.78 is 0. The maximum absolute atomic E-state index is 11.8. The fourth-order valence-corrected chi connectivity index (χ4v) is 5.60. The van der Waals surface area contributed by atoms with E-state index < -0.39 is 5.60 Å². The average Bonchev–Trinajstić information content (AvgIpc) is 2.69. The second-order valence-corrected chi connectivity index (χ2v) is 8.31. The number of hydrogen-bond donors (Lipinski definition) is 1. The Labute approximate surface area is 133 Å². The van der Waals surface area contributed by atoms with Gasteiger partial charge >= 0.3 is 0 Å². The van der Waals surface area contributed by atoms with Crippen molar-refractivity contribution >= 4 is 5.78 Å². The number of allylic oxidation sites excluding steroid dienone is 5. The highest BCUT2D eigenvalue weighted by molar-refractivity contribution is 5.93. The number of rotatable bonds is 0. The summed E-state index contributed by atoms with van der Waals surface area (Å²) >= 11 is 0. The molecule has 118 valence electrons. The van der Waals surface area contributed by atoms with E-state index in [1.54, 1.807) is 0 Å². The first-order chi connectivity index (χ1) is 10.3. The normalized spacial score (nSPS) is 47.0. The minimum Gasteiger partial charge on any atom is -0.389 e. The number of ketones is 1. The molecule has 0 aromatic rings. The van der Waals surface area contributed by atoms with Gasteiger partial charge < -0.3 is 5.11 Å². The summed E-state index contributed by atoms with van der Waals surface area (Å²) in [4.78, 5) is 11.8. The molecule has 1 saturated carbocycles. The van der Waals surface area contributed by atoms with Gasteiger partial charge in [0, 0.05) is 11.8 Å². The van der Waals surface area contributed by atoms with Crippen molar-refractivity contribution in [2.24, 2.45) is 23.2 Å². The van der Waals surface area contributed by atoms with Crippen molar-refractivity contribution in [3.63, 3.8) is 0 Å². The van der Waals surface area contributed by atoms with E-state index in [4.69, 9.17) is 0 Å². The van der Waals surface area contributed by atoms with Gasteiger partial charge in [-0.15, -0.1) is 0 Å². The lowest BCUT2D eigenvalue weighted by Crippen LogP contribution is -2.47. The second kappa shape index (κ2) is 4.44. The molecule has 0 unspecified atom stereocenters. The molecule has 0 bridgehead atoms. The van der Waals surface area contributed by atoms with E-state index in [1.165, 1.54) is 16.7 Å². The largest absolute Gasteiger partial charge is 0.389 e. The maximum atomic E-state index is 11.8. The average molecular weight is 298 g/mol. The van der Waals surface area contributed by atoms with Gasteiger partial charge in [0.2, 0.25) is 0 Å². The molecule has 4 aliphatic carbocycles. The van der Waals surface area contributed by atoms with Gasteiger partial charge in [-0.3, -0.25) is 4.79 Å². The fraction of sp³-hybridized carbons (Fsp3) is 0.650. The summed E-state index contributed by atoms with van der Waals surface area (Å²) in [5.74, 6) is 1.92. The minimum atomic E-state index is -0.595. The maximum Gasteiger partial charge on any atom is 0.156 e. The molecular weight excluding hydrogens is 272 g/mol. The molecule has 2 nitrogen and oxygen atoms in total. The Kier molecular flexibility index (Phi) is 2.92. The topological polar surface area (TPSA) is 37.3 Å². The first kappa shape index (κ1) is 14.4. The van der Waals surface area contributed by atoms with Crippen molar-refractivity contribution in [3.05, 3.63) is 34.9 Å². The highest BCUT2D eigenvalue weighted by Crippen LogP contribution is 2.61. The van der Waals surface area contributed by atoms with E-state index in [0.29, 0.717) is 30.0 Å². The number of hydrogen-bond acceptors (Lipinski definition) is 2. The van der Waals surface area contributed by atoms with Crippen LogP contribution >= 0.6 is 0 Å². The summed E-state index contributed by atoms with van der Waals surface area (Å²) in [6, 6.07) is 0. The zero-order chi connectivity index (χ0) is 15.7. The van der Waals surface area contributed by atoms with E-state index in [0.717, 1.165) is 25.7 Å². The Hall–Kier alpha value is -1.15. The van der Waals surface area contributed by atoms with Gasteiger partial charge in [-0.05, 0) is 73.2 Å². The van der Waals surface area contributed by atoms with Crippen molar-refractivity contribution in [3.8, 4) is 0 Å². The lowest BCUT2D eigenvalue weighted by molar-refractivity contribution is -0.114. The lowest BCUT2D eigenvalue weighted by atomic mass is 9.56. The van der Waals surface area contributed by atoms with Crippen molar-refractivity contribution in [2.45, 2.75) is 58.5 Å². The third kappa shape index (κ3) is 1.73. The first-order valence-corrected chi connectivity index (χ1v) is 8.72. The van der Waals surface area contributed by atoms with Gasteiger partial charge in [-0.25, -0.2) is 0 Å². The molecule has 0 heterocycles. The molecule has 0 aliphatic heterocycles. The number of carbonyl (C=O) groups is 1. The van der Waals surface area contributed by atoms with Crippen molar-refractivity contribution in [2.75, 3.05) is 0 Å². The van der Waals surface area contributed by atoms with Crippen molar-refractivity contribution in [1.29, 1.82) is 0 Å². The van der Waals surface area contributed by atoms with Crippen LogP contribution in [0.4, 0.5) is 0 Å². The second-order valence-electron chi connectivity index (χ2n) is 8.31. The molecule has 22 heavy (non-hydrogen) atoms. The van der Waals surface area contributed by atoms with E-state index in [2.05, 4.69) is 26.0 Å². The van der Waals surface area contributed by atoms with Crippen LogP contribution in [-0.2, 0) is 4.79 Å². The standard InChI is InChI=1S/C20H26O2/c1-12-10-13-11-14(21)4-5-15(13)16-6-8-19(2)17(18(12)16)7-9-20(19,3)22/h6,8,11-12,17-18,22H,4-5,7,9-10H2,1-3H3/t12-,17+,18-,19+,20+/m1/s1. The molecule has 0 aromatic carbocycles. The van der Waals surface area contributed by atoms with Crippen LogP contribution in [0.5, 0.6) is 0 Å². The molecular formula is C20H26O2. The highest BCUT2D eigenvalue weighted by atomic mass is 16.3. The van der Waals surface area contributed by atoms with E-state index in [1.807, 2.05) is 13.0 Å². The molecule has 4 aliphatic rings. The third-order valence-electron chi connectivity index (χ3n) is 7.12. The summed E-state index contributed by atoms with van der Waals surface area (Å²) in [6.07, 6.45) is 11.1. The van der Waals surface area contributed by atoms with Crippen LogP contribution in [0.2, 0.25) is 0 Å². The molecule has 4 rings (SSSR count). The summed E-state index contributed by atoms with van der Waals surface area (Å²) in [5.41, 5.74) is 3.49. The van der Waals surface area contributed by atoms with Gasteiger partial charge in [0.15, 0.2) is 5.78 Å². The van der Waals surface area contributed by atoms with Gasteiger partial charge in [0.25, 0.3) is 0 Å². The predicted octanol–water partition coefficient (Wildman–Crippen LogP) is 3.97. The number of aliphatic hydroxyl groups is 1. The Morgan fingerprint density at radius 2 is 2.05 bits per heavy atom. The highest BCUT2D eigenvalue weighted by Gasteiger charge is 2.58. The Morgan fingerprint density at radius 3 is 2.82 bits per heavy atom. The number of carbonyl (C=O) groups excluding carboxylic acids is 1. The molecule has 5 atom stereocenters. The SMILES string of the molecule is C[C@@H]1CC2=CC(=O)CCC2=C2C=C[C@@]3(C)[C@@H](CC[C@]3(C)O)[C@@H]21. The molecule has 1 N–H and O–H groups in total. The molecule has 1 fully saturated rings. The van der Waals surface area contributed by atoms with E-state index >= 15 is 0 Å². The van der Waals surface area contributed by atoms with Crippen LogP contribution in [-0.4, -0.2) is 16.5 Å². The number of fused-ring (bicyclic) bond motifs is 4. The Morgan fingerprint density at radius 1 is 1.27 bits per heavy atom. The smallest absolute Gasteiger partial charge is 0.156 e. The minimum absolute atomic E-state index is 0.109. The van der Waals surface area contributed by atoms with Gasteiger partial charge in [0.1, 0.15) is 0 Å². The molecule has 0 saturated heterocycles. The quantitative estimate of drug-likeness (QED) is 0.735. The lowest BCUT2D eigenvalue weighted by Gasteiger charge is -2.49. The zero-order valence-corrected chi connectivity index (χ0v) is 13.9. The van der Waals surface area contributed by atoms with Crippen molar-refractivity contribution in [1.82, 2.24) is 0 Å².